The molecule has 0 unspecified atom stereocenters. The van der Waals surface area contributed by atoms with Crippen molar-refractivity contribution in [1.29, 1.82) is 0 Å². The average molecular weight is 259 g/mol. The first-order valence-electron chi connectivity index (χ1n) is 6.40. The Hall–Kier alpha value is -1.74. The second-order valence-electron chi connectivity index (χ2n) is 5.43. The highest BCUT2D eigenvalue weighted by atomic mass is 16.5. The molecule has 0 saturated heterocycles. The van der Waals surface area contributed by atoms with Gasteiger partial charge in [0.1, 0.15) is 5.75 Å². The first-order chi connectivity index (χ1) is 8.97. The quantitative estimate of drug-likeness (QED) is 0.916. The number of aliphatic hydroxyl groups excluding tert-OH is 1. The third-order valence-corrected chi connectivity index (χ3v) is 3.71. The molecule has 2 aromatic rings. The fourth-order valence-electron chi connectivity index (χ4n) is 2.00. The van der Waals surface area contributed by atoms with Crippen molar-refractivity contribution >= 4 is 16.5 Å². The number of aliphatic hydroxyl groups is 1. The van der Waals surface area contributed by atoms with Gasteiger partial charge in [0.25, 0.3) is 0 Å². The third-order valence-electron chi connectivity index (χ3n) is 3.71. The number of hydrogen-bond acceptors (Lipinski definition) is 3. The van der Waals surface area contributed by atoms with Crippen molar-refractivity contribution in [2.45, 2.75) is 19.4 Å². The molecule has 0 atom stereocenters. The lowest BCUT2D eigenvalue weighted by molar-refractivity contribution is 0.216. The van der Waals surface area contributed by atoms with Gasteiger partial charge in [-0.2, -0.15) is 0 Å². The van der Waals surface area contributed by atoms with E-state index >= 15 is 0 Å². The van der Waals surface area contributed by atoms with Crippen LogP contribution in [-0.2, 0) is 0 Å². The van der Waals surface area contributed by atoms with Gasteiger partial charge in [-0.3, -0.25) is 0 Å². The van der Waals surface area contributed by atoms with Crippen LogP contribution in [0.25, 0.3) is 10.8 Å². The number of nitrogens with zero attached hydrogens (tertiary/aromatic N) is 1. The first kappa shape index (κ1) is 13.7. The minimum Gasteiger partial charge on any atom is -0.497 e. The Morgan fingerprint density at radius 2 is 1.74 bits per heavy atom. The minimum absolute atomic E-state index is 0.115. The van der Waals surface area contributed by atoms with Crippen LogP contribution in [-0.4, -0.2) is 31.4 Å². The summed E-state index contributed by atoms with van der Waals surface area (Å²) in [4.78, 5) is 2.09. The van der Waals surface area contributed by atoms with E-state index in [9.17, 15) is 5.11 Å². The SMILES string of the molecule is COc1ccc2cc(N(C)C(C)(C)CO)ccc2c1. The fraction of sp³-hybridized carbons (Fsp3) is 0.375. The van der Waals surface area contributed by atoms with Gasteiger partial charge in [0.15, 0.2) is 0 Å². The van der Waals surface area contributed by atoms with Crippen molar-refractivity contribution in [3.63, 3.8) is 0 Å². The molecule has 102 valence electrons. The van der Waals surface area contributed by atoms with Gasteiger partial charge < -0.3 is 14.7 Å². The van der Waals surface area contributed by atoms with Gasteiger partial charge in [-0.25, -0.2) is 0 Å². The molecule has 3 nitrogen and oxygen atoms in total. The van der Waals surface area contributed by atoms with Crippen molar-refractivity contribution in [1.82, 2.24) is 0 Å². The smallest absolute Gasteiger partial charge is 0.119 e. The van der Waals surface area contributed by atoms with Gasteiger partial charge in [-0.05, 0) is 48.9 Å². The summed E-state index contributed by atoms with van der Waals surface area (Å²) in [5.41, 5.74) is 0.817. The molecule has 0 spiro atoms. The summed E-state index contributed by atoms with van der Waals surface area (Å²) >= 11 is 0. The van der Waals surface area contributed by atoms with E-state index in [2.05, 4.69) is 29.2 Å². The monoisotopic (exact) mass is 259 g/mol. The molecule has 0 saturated carbocycles. The normalized spacial score (nSPS) is 11.6. The van der Waals surface area contributed by atoms with Crippen LogP contribution in [0.3, 0.4) is 0 Å². The van der Waals surface area contributed by atoms with Gasteiger partial charge in [0.05, 0.1) is 19.3 Å². The molecule has 0 heterocycles. The number of likely N-dealkylation sites (N-methyl/N-ethyl adjacent to an activating group) is 1. The Morgan fingerprint density at radius 3 is 2.37 bits per heavy atom. The van der Waals surface area contributed by atoms with Crippen molar-refractivity contribution in [3.05, 3.63) is 36.4 Å². The summed E-state index contributed by atoms with van der Waals surface area (Å²) in [5, 5.41) is 11.8. The van der Waals surface area contributed by atoms with E-state index in [1.54, 1.807) is 7.11 Å². The second-order valence-corrected chi connectivity index (χ2v) is 5.43. The average Bonchev–Trinajstić information content (AvgIpc) is 2.45. The summed E-state index contributed by atoms with van der Waals surface area (Å²) in [6.45, 7) is 4.15. The van der Waals surface area contributed by atoms with Crippen molar-refractivity contribution in [3.8, 4) is 5.75 Å². The Balaban J connectivity index is 2.42. The predicted octanol–water partition coefficient (Wildman–Crippen LogP) is 3.06. The molecule has 0 radical (unpaired) electrons. The molecule has 2 rings (SSSR count). The molecule has 19 heavy (non-hydrogen) atoms. The summed E-state index contributed by atoms with van der Waals surface area (Å²) < 4.78 is 5.23. The molecular weight excluding hydrogens is 238 g/mol. The fourth-order valence-corrected chi connectivity index (χ4v) is 2.00. The number of ether oxygens (including phenoxy) is 1. The largest absolute Gasteiger partial charge is 0.497 e. The van der Waals surface area contributed by atoms with Crippen LogP contribution in [0.15, 0.2) is 36.4 Å². The molecular formula is C16H21NO2. The van der Waals surface area contributed by atoms with Gasteiger partial charge in [-0.1, -0.05) is 12.1 Å². The van der Waals surface area contributed by atoms with E-state index in [-0.39, 0.29) is 12.1 Å². The lowest BCUT2D eigenvalue weighted by atomic mass is 10.0. The van der Waals surface area contributed by atoms with Gasteiger partial charge in [0.2, 0.25) is 0 Å². The van der Waals surface area contributed by atoms with Crippen LogP contribution in [0.4, 0.5) is 5.69 Å². The Kier molecular flexibility index (Phi) is 3.67. The maximum atomic E-state index is 9.45. The number of hydrogen-bond donors (Lipinski definition) is 1. The molecule has 0 aliphatic rings. The van der Waals surface area contributed by atoms with E-state index in [4.69, 9.17) is 4.74 Å². The minimum atomic E-state index is -0.278. The van der Waals surface area contributed by atoms with Gasteiger partial charge >= 0.3 is 0 Å². The first-order valence-corrected chi connectivity index (χ1v) is 6.40. The molecule has 0 aliphatic carbocycles. The molecule has 0 amide bonds. The standard InChI is InChI=1S/C16H21NO2/c1-16(2,11-18)17(3)14-7-5-13-10-15(19-4)8-6-12(13)9-14/h5-10,18H,11H2,1-4H3. The zero-order valence-corrected chi connectivity index (χ0v) is 12.0. The highest BCUT2D eigenvalue weighted by Gasteiger charge is 2.22. The van der Waals surface area contributed by atoms with Crippen molar-refractivity contribution < 1.29 is 9.84 Å². The van der Waals surface area contributed by atoms with Crippen LogP contribution in [0.1, 0.15) is 13.8 Å². The van der Waals surface area contributed by atoms with Crippen molar-refractivity contribution in [2.75, 3.05) is 25.7 Å². The maximum Gasteiger partial charge on any atom is 0.119 e. The summed E-state index contributed by atoms with van der Waals surface area (Å²) in [5.74, 6) is 0.865. The highest BCUT2D eigenvalue weighted by molar-refractivity contribution is 5.87. The molecule has 3 heteroatoms. The van der Waals surface area contributed by atoms with Crippen LogP contribution in [0.2, 0.25) is 0 Å². The number of methoxy groups -OCH3 is 1. The Morgan fingerprint density at radius 1 is 1.11 bits per heavy atom. The summed E-state index contributed by atoms with van der Waals surface area (Å²) in [6, 6.07) is 12.3. The summed E-state index contributed by atoms with van der Waals surface area (Å²) in [6.07, 6.45) is 0. The number of anilines is 1. The molecule has 0 fully saturated rings. The highest BCUT2D eigenvalue weighted by Crippen LogP contribution is 2.28. The zero-order chi connectivity index (χ0) is 14.0. The van der Waals surface area contributed by atoms with E-state index < -0.39 is 0 Å². The predicted molar refractivity (Wildman–Crippen MR) is 80.1 cm³/mol. The number of rotatable bonds is 4. The third kappa shape index (κ3) is 2.66. The molecule has 0 aliphatic heterocycles. The van der Waals surface area contributed by atoms with Crippen LogP contribution in [0.5, 0.6) is 5.75 Å². The van der Waals surface area contributed by atoms with E-state index in [0.29, 0.717) is 0 Å². The van der Waals surface area contributed by atoms with E-state index in [0.717, 1.165) is 16.8 Å². The van der Waals surface area contributed by atoms with Crippen LogP contribution < -0.4 is 9.64 Å². The topological polar surface area (TPSA) is 32.7 Å². The lowest BCUT2D eigenvalue weighted by Gasteiger charge is -2.36. The number of fused-ring (bicyclic) bond motifs is 1. The second kappa shape index (κ2) is 5.10. The molecule has 0 aromatic heterocycles. The Bertz CT molecular complexity index is 578. The zero-order valence-electron chi connectivity index (χ0n) is 12.0. The molecule has 1 N–H and O–H groups in total. The number of benzene rings is 2. The maximum absolute atomic E-state index is 9.45. The van der Waals surface area contributed by atoms with Gasteiger partial charge in [0, 0.05) is 12.7 Å². The van der Waals surface area contributed by atoms with E-state index in [1.165, 1.54) is 5.39 Å². The van der Waals surface area contributed by atoms with Gasteiger partial charge in [-0.15, -0.1) is 0 Å². The lowest BCUT2D eigenvalue weighted by Crippen LogP contribution is -2.44. The molecule has 0 bridgehead atoms. The molecule has 2 aromatic carbocycles. The van der Waals surface area contributed by atoms with Crippen molar-refractivity contribution in [2.24, 2.45) is 0 Å². The van der Waals surface area contributed by atoms with E-state index in [1.807, 2.05) is 33.0 Å². The van der Waals surface area contributed by atoms with Crippen LogP contribution in [0, 0.1) is 0 Å². The summed E-state index contributed by atoms with van der Waals surface area (Å²) in [7, 11) is 3.67. The Labute approximate surface area is 114 Å². The van der Waals surface area contributed by atoms with Crippen LogP contribution >= 0.6 is 0 Å².